The molecule has 4 heteroatoms. The maximum Gasteiger partial charge on any atom is 0.205 e. The van der Waals surface area contributed by atoms with Crippen molar-refractivity contribution < 1.29 is 4.79 Å². The van der Waals surface area contributed by atoms with Crippen LogP contribution in [0.25, 0.3) is 0 Å². The number of hydrogen-bond acceptors (Lipinski definition) is 3. The van der Waals surface area contributed by atoms with Gasteiger partial charge in [0.05, 0.1) is 6.20 Å². The predicted molar refractivity (Wildman–Crippen MR) is 54.0 cm³/mol. The molecule has 0 aliphatic heterocycles. The van der Waals surface area contributed by atoms with Gasteiger partial charge in [-0.25, -0.2) is 4.68 Å². The van der Waals surface area contributed by atoms with Gasteiger partial charge < -0.3 is 0 Å². The van der Waals surface area contributed by atoms with Crippen molar-refractivity contribution in [2.45, 2.75) is 26.7 Å². The van der Waals surface area contributed by atoms with Crippen molar-refractivity contribution in [2.75, 3.05) is 0 Å². The average Bonchev–Trinajstić information content (AvgIpc) is 2.60. The van der Waals surface area contributed by atoms with Crippen LogP contribution in [0, 0.1) is 0 Å². The molecule has 76 valence electrons. The Bertz CT molecular complexity index is 346. The summed E-state index contributed by atoms with van der Waals surface area (Å²) in [5.74, 6) is -0.0174. The van der Waals surface area contributed by atoms with Crippen LogP contribution in [0.5, 0.6) is 0 Å². The second-order valence-corrected chi connectivity index (χ2v) is 3.12. The van der Waals surface area contributed by atoms with E-state index < -0.39 is 0 Å². The molecular formula is C10H15N3O. The maximum atomic E-state index is 11.7. The van der Waals surface area contributed by atoms with Crippen molar-refractivity contribution in [1.29, 1.82) is 0 Å². The van der Waals surface area contributed by atoms with Gasteiger partial charge in [-0.15, -0.1) is 5.10 Å². The lowest BCUT2D eigenvalue weighted by atomic mass is 10.1. The highest BCUT2D eigenvalue weighted by molar-refractivity contribution is 6.03. The van der Waals surface area contributed by atoms with Crippen LogP contribution in [0.15, 0.2) is 17.8 Å². The summed E-state index contributed by atoms with van der Waals surface area (Å²) >= 11 is 0. The van der Waals surface area contributed by atoms with Gasteiger partial charge in [0.15, 0.2) is 0 Å². The second-order valence-electron chi connectivity index (χ2n) is 3.12. The standard InChI is InChI=1S/C10H15N3O/c1-4-8(5-2)6-10(14)9-7-11-12-13(9)3/h6-7H,4-5H2,1-3H3. The van der Waals surface area contributed by atoms with Gasteiger partial charge >= 0.3 is 0 Å². The van der Waals surface area contributed by atoms with E-state index in [1.807, 2.05) is 13.8 Å². The smallest absolute Gasteiger partial charge is 0.205 e. The Labute approximate surface area is 83.6 Å². The Morgan fingerprint density at radius 3 is 2.57 bits per heavy atom. The molecule has 0 fully saturated rings. The van der Waals surface area contributed by atoms with Gasteiger partial charge in [0.25, 0.3) is 0 Å². The molecule has 1 aromatic rings. The van der Waals surface area contributed by atoms with Crippen molar-refractivity contribution >= 4 is 5.78 Å². The molecule has 1 rings (SSSR count). The Morgan fingerprint density at radius 1 is 1.50 bits per heavy atom. The molecule has 1 aromatic heterocycles. The summed E-state index contributed by atoms with van der Waals surface area (Å²) in [7, 11) is 1.71. The highest BCUT2D eigenvalue weighted by atomic mass is 16.1. The average molecular weight is 193 g/mol. The molecule has 4 nitrogen and oxygen atoms in total. The fourth-order valence-electron chi connectivity index (χ4n) is 1.23. The minimum absolute atomic E-state index is 0.0174. The van der Waals surface area contributed by atoms with Crippen LogP contribution in [-0.2, 0) is 7.05 Å². The molecule has 1 heterocycles. The van der Waals surface area contributed by atoms with E-state index in [-0.39, 0.29) is 5.78 Å². The normalized spacial score (nSPS) is 9.93. The topological polar surface area (TPSA) is 47.8 Å². The number of rotatable bonds is 4. The third kappa shape index (κ3) is 2.28. The Hall–Kier alpha value is -1.45. The first kappa shape index (κ1) is 10.6. The van der Waals surface area contributed by atoms with E-state index in [9.17, 15) is 4.79 Å². The van der Waals surface area contributed by atoms with E-state index in [1.54, 1.807) is 13.1 Å². The molecule has 0 spiro atoms. The van der Waals surface area contributed by atoms with E-state index in [4.69, 9.17) is 0 Å². The van der Waals surface area contributed by atoms with Crippen molar-refractivity contribution in [3.63, 3.8) is 0 Å². The third-order valence-corrected chi connectivity index (χ3v) is 2.21. The lowest BCUT2D eigenvalue weighted by Crippen LogP contribution is -2.04. The Kier molecular flexibility index (Phi) is 3.56. The molecule has 0 unspecified atom stereocenters. The lowest BCUT2D eigenvalue weighted by Gasteiger charge is -1.99. The first-order valence-electron chi connectivity index (χ1n) is 4.77. The van der Waals surface area contributed by atoms with Crippen molar-refractivity contribution in [3.05, 3.63) is 23.5 Å². The quantitative estimate of drug-likeness (QED) is 0.540. The zero-order valence-corrected chi connectivity index (χ0v) is 8.82. The molecular weight excluding hydrogens is 178 g/mol. The van der Waals surface area contributed by atoms with E-state index in [0.29, 0.717) is 5.69 Å². The zero-order chi connectivity index (χ0) is 10.6. The van der Waals surface area contributed by atoms with Crippen molar-refractivity contribution in [1.82, 2.24) is 15.0 Å². The summed E-state index contributed by atoms with van der Waals surface area (Å²) < 4.78 is 1.49. The molecule has 0 radical (unpaired) electrons. The predicted octanol–water partition coefficient (Wildman–Crippen LogP) is 1.74. The second kappa shape index (κ2) is 4.69. The summed E-state index contributed by atoms with van der Waals surface area (Å²) in [5.41, 5.74) is 1.68. The molecule has 0 saturated heterocycles. The fraction of sp³-hybridized carbons (Fsp3) is 0.500. The van der Waals surface area contributed by atoms with Gasteiger partial charge in [-0.05, 0) is 18.9 Å². The fourth-order valence-corrected chi connectivity index (χ4v) is 1.23. The molecule has 0 aromatic carbocycles. The van der Waals surface area contributed by atoms with Crippen LogP contribution < -0.4 is 0 Å². The van der Waals surface area contributed by atoms with E-state index in [0.717, 1.165) is 18.4 Å². The molecule has 0 atom stereocenters. The van der Waals surface area contributed by atoms with Crippen molar-refractivity contribution in [2.24, 2.45) is 7.05 Å². The van der Waals surface area contributed by atoms with Crippen LogP contribution >= 0.6 is 0 Å². The number of aromatic nitrogens is 3. The zero-order valence-electron chi connectivity index (χ0n) is 8.82. The van der Waals surface area contributed by atoms with E-state index in [1.165, 1.54) is 10.9 Å². The minimum atomic E-state index is -0.0174. The third-order valence-electron chi connectivity index (χ3n) is 2.21. The number of nitrogens with zero attached hydrogens (tertiary/aromatic N) is 3. The van der Waals surface area contributed by atoms with Gasteiger partial charge in [-0.2, -0.15) is 0 Å². The number of ketones is 1. The van der Waals surface area contributed by atoms with E-state index in [2.05, 4.69) is 10.3 Å². The highest BCUT2D eigenvalue weighted by Crippen LogP contribution is 2.07. The molecule has 0 bridgehead atoms. The SMILES string of the molecule is CCC(=CC(=O)c1cnnn1C)CC. The van der Waals surface area contributed by atoms with Crippen LogP contribution in [-0.4, -0.2) is 20.8 Å². The molecule has 0 aliphatic carbocycles. The highest BCUT2D eigenvalue weighted by Gasteiger charge is 2.08. The number of hydrogen-bond donors (Lipinski definition) is 0. The largest absolute Gasteiger partial charge is 0.287 e. The molecule has 0 N–H and O–H groups in total. The first-order chi connectivity index (χ1) is 6.69. The van der Waals surface area contributed by atoms with Crippen LogP contribution in [0.1, 0.15) is 37.2 Å². The van der Waals surface area contributed by atoms with Gasteiger partial charge in [0, 0.05) is 7.05 Å². The Morgan fingerprint density at radius 2 is 2.14 bits per heavy atom. The van der Waals surface area contributed by atoms with E-state index >= 15 is 0 Å². The van der Waals surface area contributed by atoms with Crippen LogP contribution in [0.2, 0.25) is 0 Å². The van der Waals surface area contributed by atoms with Gasteiger partial charge in [0.1, 0.15) is 5.69 Å². The first-order valence-corrected chi connectivity index (χ1v) is 4.77. The number of aryl methyl sites for hydroxylation is 1. The summed E-state index contributed by atoms with van der Waals surface area (Å²) in [6.45, 7) is 4.09. The summed E-state index contributed by atoms with van der Waals surface area (Å²) in [6.07, 6.45) is 4.99. The Balaban J connectivity index is 2.86. The number of carbonyl (C=O) groups is 1. The monoisotopic (exact) mass is 193 g/mol. The summed E-state index contributed by atoms with van der Waals surface area (Å²) in [4.78, 5) is 11.7. The molecule has 0 saturated carbocycles. The minimum Gasteiger partial charge on any atom is -0.287 e. The lowest BCUT2D eigenvalue weighted by molar-refractivity contribution is 0.103. The van der Waals surface area contributed by atoms with Gasteiger partial charge in [-0.1, -0.05) is 24.6 Å². The number of allylic oxidation sites excluding steroid dienone is 2. The molecule has 0 amide bonds. The summed E-state index contributed by atoms with van der Waals surface area (Å²) in [5, 5.41) is 7.38. The van der Waals surface area contributed by atoms with Crippen molar-refractivity contribution in [3.8, 4) is 0 Å². The molecule has 14 heavy (non-hydrogen) atoms. The molecule has 0 aliphatic rings. The number of carbonyl (C=O) groups excluding carboxylic acids is 1. The van der Waals surface area contributed by atoms with Crippen LogP contribution in [0.4, 0.5) is 0 Å². The van der Waals surface area contributed by atoms with Crippen LogP contribution in [0.3, 0.4) is 0 Å². The maximum absolute atomic E-state index is 11.7. The van der Waals surface area contributed by atoms with Gasteiger partial charge in [-0.3, -0.25) is 4.79 Å². The van der Waals surface area contributed by atoms with Gasteiger partial charge in [0.2, 0.25) is 5.78 Å². The summed E-state index contributed by atoms with van der Waals surface area (Å²) in [6, 6.07) is 0.